The number of ether oxygens (including phenoxy) is 2. The molecule has 0 unspecified atom stereocenters. The van der Waals surface area contributed by atoms with Gasteiger partial charge in [-0.15, -0.1) is 0 Å². The van der Waals surface area contributed by atoms with Crippen molar-refractivity contribution in [3.8, 4) is 5.75 Å². The second-order valence-electron chi connectivity index (χ2n) is 5.47. The van der Waals surface area contributed by atoms with Gasteiger partial charge in [0.2, 0.25) is 0 Å². The van der Waals surface area contributed by atoms with Crippen LogP contribution in [0.5, 0.6) is 5.75 Å². The van der Waals surface area contributed by atoms with Crippen molar-refractivity contribution in [2.75, 3.05) is 12.4 Å². The largest absolute Gasteiger partial charge is 0.489 e. The lowest BCUT2D eigenvalue weighted by molar-refractivity contribution is 0.187. The van der Waals surface area contributed by atoms with Crippen molar-refractivity contribution in [3.63, 3.8) is 0 Å². The minimum absolute atomic E-state index is 0.396. The van der Waals surface area contributed by atoms with Crippen LogP contribution in [-0.2, 0) is 17.8 Å². The lowest BCUT2D eigenvalue weighted by Crippen LogP contribution is -2.14. The van der Waals surface area contributed by atoms with Crippen LogP contribution in [0.3, 0.4) is 0 Å². The van der Waals surface area contributed by atoms with Crippen molar-refractivity contribution < 1.29 is 14.3 Å². The van der Waals surface area contributed by atoms with Crippen molar-refractivity contribution in [2.24, 2.45) is 0 Å². The molecule has 0 heterocycles. The van der Waals surface area contributed by atoms with Crippen LogP contribution in [0.4, 0.5) is 10.5 Å². The topological polar surface area (TPSA) is 47.6 Å². The Morgan fingerprint density at radius 1 is 1.17 bits per heavy atom. The number of carbonyl (C=O) groups is 1. The molecule has 0 aliphatic rings. The molecule has 4 heteroatoms. The molecule has 2 rings (SSSR count). The number of carbonyl (C=O) groups excluding carboxylic acids is 1. The Morgan fingerprint density at radius 2 is 1.96 bits per heavy atom. The fourth-order valence-electron chi connectivity index (χ4n) is 2.53. The molecule has 2 aromatic rings. The molecule has 122 valence electrons. The number of hydrogen-bond donors (Lipinski definition) is 1. The first-order valence-corrected chi connectivity index (χ1v) is 7.71. The maximum Gasteiger partial charge on any atom is 0.411 e. The van der Waals surface area contributed by atoms with Gasteiger partial charge < -0.3 is 9.47 Å². The third-order valence-electron chi connectivity index (χ3n) is 3.78. The van der Waals surface area contributed by atoms with E-state index in [9.17, 15) is 4.79 Å². The minimum atomic E-state index is -0.481. The third kappa shape index (κ3) is 4.25. The molecule has 23 heavy (non-hydrogen) atoms. The van der Waals surface area contributed by atoms with Gasteiger partial charge in [0, 0.05) is 5.56 Å². The Labute approximate surface area is 137 Å². The molecule has 2 aromatic carbocycles. The summed E-state index contributed by atoms with van der Waals surface area (Å²) < 4.78 is 10.7. The first-order chi connectivity index (χ1) is 11.0. The van der Waals surface area contributed by atoms with E-state index < -0.39 is 6.09 Å². The second-order valence-corrected chi connectivity index (χ2v) is 5.47. The predicted molar refractivity (Wildman–Crippen MR) is 92.1 cm³/mol. The van der Waals surface area contributed by atoms with Crippen molar-refractivity contribution >= 4 is 11.8 Å². The summed E-state index contributed by atoms with van der Waals surface area (Å²) in [6, 6.07) is 11.9. The molecule has 0 aliphatic heterocycles. The van der Waals surface area contributed by atoms with Crippen LogP contribution >= 0.6 is 0 Å². The summed E-state index contributed by atoms with van der Waals surface area (Å²) in [7, 11) is 1.35. The highest BCUT2D eigenvalue weighted by atomic mass is 16.5. The molecular weight excluding hydrogens is 290 g/mol. The van der Waals surface area contributed by atoms with Crippen molar-refractivity contribution in [1.82, 2.24) is 0 Å². The molecular formula is C19H23NO3. The van der Waals surface area contributed by atoms with Crippen LogP contribution in [0, 0.1) is 13.8 Å². The smallest absolute Gasteiger partial charge is 0.411 e. The summed E-state index contributed by atoms with van der Waals surface area (Å²) in [6.07, 6.45) is 0.383. The lowest BCUT2D eigenvalue weighted by atomic mass is 10.0. The molecule has 0 bridgehead atoms. The SMILES string of the molecule is CCc1cccc(NC(=O)OC)c1COc1ccc(C)cc1C. The summed E-state index contributed by atoms with van der Waals surface area (Å²) in [5.41, 5.74) is 5.14. The standard InChI is InChI=1S/C19H23NO3/c1-5-15-7-6-8-17(20-19(21)22-4)16(15)12-23-18-10-9-13(2)11-14(18)3/h6-11H,5,12H2,1-4H3,(H,20,21). The zero-order valence-corrected chi connectivity index (χ0v) is 14.1. The number of aryl methyl sites for hydroxylation is 3. The number of methoxy groups -OCH3 is 1. The number of benzene rings is 2. The van der Waals surface area contributed by atoms with Crippen molar-refractivity contribution in [2.45, 2.75) is 33.8 Å². The Bertz CT molecular complexity index is 695. The highest BCUT2D eigenvalue weighted by molar-refractivity contribution is 5.85. The van der Waals surface area contributed by atoms with Crippen LogP contribution < -0.4 is 10.1 Å². The molecule has 0 saturated heterocycles. The number of nitrogens with one attached hydrogen (secondary N) is 1. The molecule has 0 fully saturated rings. The van der Waals surface area contributed by atoms with E-state index in [2.05, 4.69) is 30.0 Å². The predicted octanol–water partition coefficient (Wildman–Crippen LogP) is 4.62. The lowest BCUT2D eigenvalue weighted by Gasteiger charge is -2.16. The van der Waals surface area contributed by atoms with Gasteiger partial charge in [-0.2, -0.15) is 0 Å². The summed E-state index contributed by atoms with van der Waals surface area (Å²) in [5, 5.41) is 2.75. The van der Waals surface area contributed by atoms with Gasteiger partial charge in [-0.25, -0.2) is 4.79 Å². The van der Waals surface area contributed by atoms with Gasteiger partial charge in [0.25, 0.3) is 0 Å². The highest BCUT2D eigenvalue weighted by Crippen LogP contribution is 2.25. The minimum Gasteiger partial charge on any atom is -0.489 e. The van der Waals surface area contributed by atoms with Gasteiger partial charge >= 0.3 is 6.09 Å². The number of amides is 1. The molecule has 0 aromatic heterocycles. The summed E-state index contributed by atoms with van der Waals surface area (Å²) in [6.45, 7) is 6.56. The van der Waals surface area contributed by atoms with Gasteiger partial charge in [0.1, 0.15) is 12.4 Å². The average molecular weight is 313 g/mol. The van der Waals surface area contributed by atoms with Crippen molar-refractivity contribution in [1.29, 1.82) is 0 Å². The van der Waals surface area contributed by atoms with Gasteiger partial charge in [0.05, 0.1) is 12.8 Å². The van der Waals surface area contributed by atoms with E-state index in [1.807, 2.05) is 37.3 Å². The fraction of sp³-hybridized carbons (Fsp3) is 0.316. The maximum atomic E-state index is 11.5. The zero-order chi connectivity index (χ0) is 16.8. The van der Waals surface area contributed by atoms with Crippen LogP contribution in [0.1, 0.15) is 29.2 Å². The van der Waals surface area contributed by atoms with Crippen LogP contribution in [0.15, 0.2) is 36.4 Å². The molecule has 0 saturated carbocycles. The molecule has 1 N–H and O–H groups in total. The molecule has 1 amide bonds. The molecule has 0 aliphatic carbocycles. The van der Waals surface area contributed by atoms with Crippen LogP contribution in [0.2, 0.25) is 0 Å². The molecule has 0 spiro atoms. The number of hydrogen-bond acceptors (Lipinski definition) is 3. The van der Waals surface area contributed by atoms with E-state index in [1.54, 1.807) is 0 Å². The second kappa shape index (κ2) is 7.68. The molecule has 0 radical (unpaired) electrons. The normalized spacial score (nSPS) is 10.3. The highest BCUT2D eigenvalue weighted by Gasteiger charge is 2.12. The monoisotopic (exact) mass is 313 g/mol. The maximum absolute atomic E-state index is 11.5. The summed E-state index contributed by atoms with van der Waals surface area (Å²) in [4.78, 5) is 11.5. The summed E-state index contributed by atoms with van der Waals surface area (Å²) in [5.74, 6) is 0.852. The third-order valence-corrected chi connectivity index (χ3v) is 3.78. The van der Waals surface area contributed by atoms with Gasteiger partial charge in [0.15, 0.2) is 0 Å². The van der Waals surface area contributed by atoms with Gasteiger partial charge in [-0.05, 0) is 43.5 Å². The van der Waals surface area contributed by atoms with Crippen molar-refractivity contribution in [3.05, 3.63) is 58.7 Å². The fourth-order valence-corrected chi connectivity index (χ4v) is 2.53. The van der Waals surface area contributed by atoms with E-state index in [0.717, 1.165) is 34.5 Å². The van der Waals surface area contributed by atoms with Gasteiger partial charge in [-0.3, -0.25) is 5.32 Å². The van der Waals surface area contributed by atoms with E-state index in [4.69, 9.17) is 4.74 Å². The van der Waals surface area contributed by atoms with Crippen LogP contribution in [-0.4, -0.2) is 13.2 Å². The Balaban J connectivity index is 2.24. The quantitative estimate of drug-likeness (QED) is 0.876. The van der Waals surface area contributed by atoms with E-state index in [1.165, 1.54) is 12.7 Å². The van der Waals surface area contributed by atoms with Gasteiger partial charge in [-0.1, -0.05) is 36.8 Å². The van der Waals surface area contributed by atoms with Crippen LogP contribution in [0.25, 0.3) is 0 Å². The number of anilines is 1. The zero-order valence-electron chi connectivity index (χ0n) is 14.1. The first-order valence-electron chi connectivity index (χ1n) is 7.71. The average Bonchev–Trinajstić information content (AvgIpc) is 2.54. The van der Waals surface area contributed by atoms with E-state index >= 15 is 0 Å². The van der Waals surface area contributed by atoms with E-state index in [0.29, 0.717) is 6.61 Å². The Kier molecular flexibility index (Phi) is 5.63. The Morgan fingerprint density at radius 3 is 2.61 bits per heavy atom. The Hall–Kier alpha value is -2.49. The number of rotatable bonds is 5. The van der Waals surface area contributed by atoms with E-state index in [-0.39, 0.29) is 0 Å². The molecule has 0 atom stereocenters. The first kappa shape index (κ1) is 16.9. The summed E-state index contributed by atoms with van der Waals surface area (Å²) >= 11 is 0. The molecule has 4 nitrogen and oxygen atoms in total.